The first-order chi connectivity index (χ1) is 7.81. The number of nitrogens with zero attached hydrogens (tertiary/aromatic N) is 2. The van der Waals surface area contributed by atoms with E-state index in [2.05, 4.69) is 15.3 Å². The molecule has 4 heteroatoms. The van der Waals surface area contributed by atoms with Gasteiger partial charge in [-0.05, 0) is 24.7 Å². The van der Waals surface area contributed by atoms with Crippen molar-refractivity contribution in [1.29, 1.82) is 0 Å². The van der Waals surface area contributed by atoms with Gasteiger partial charge in [-0.1, -0.05) is 23.7 Å². The number of nitrogens with one attached hydrogen (secondary N) is 1. The van der Waals surface area contributed by atoms with Gasteiger partial charge in [-0.25, -0.2) is 0 Å². The van der Waals surface area contributed by atoms with Crippen molar-refractivity contribution in [2.75, 3.05) is 7.05 Å². The first-order valence-corrected chi connectivity index (χ1v) is 5.37. The van der Waals surface area contributed by atoms with E-state index < -0.39 is 0 Å². The zero-order valence-corrected chi connectivity index (χ0v) is 9.65. The molecule has 1 aromatic carbocycles. The van der Waals surface area contributed by atoms with Crippen molar-refractivity contribution in [2.24, 2.45) is 0 Å². The Balaban J connectivity index is 2.37. The molecule has 0 aliphatic rings. The van der Waals surface area contributed by atoms with Crippen molar-refractivity contribution >= 4 is 11.6 Å². The molecule has 3 nitrogen and oxygen atoms in total. The lowest BCUT2D eigenvalue weighted by Gasteiger charge is -2.15. The van der Waals surface area contributed by atoms with Gasteiger partial charge in [0.2, 0.25) is 0 Å². The molecule has 0 fully saturated rings. The van der Waals surface area contributed by atoms with Gasteiger partial charge in [0.15, 0.2) is 0 Å². The largest absolute Gasteiger partial charge is 0.308 e. The molecule has 0 bridgehead atoms. The van der Waals surface area contributed by atoms with Gasteiger partial charge in [0.25, 0.3) is 0 Å². The van der Waals surface area contributed by atoms with E-state index in [1.54, 1.807) is 18.6 Å². The Kier molecular flexibility index (Phi) is 3.49. The molecule has 0 saturated heterocycles. The molecule has 2 rings (SSSR count). The molecular formula is C12H12ClN3. The van der Waals surface area contributed by atoms with E-state index in [9.17, 15) is 0 Å². The zero-order valence-electron chi connectivity index (χ0n) is 8.89. The zero-order chi connectivity index (χ0) is 11.4. The second-order valence-corrected chi connectivity index (χ2v) is 3.84. The van der Waals surface area contributed by atoms with Crippen molar-refractivity contribution in [3.63, 3.8) is 0 Å². The summed E-state index contributed by atoms with van der Waals surface area (Å²) in [6.07, 6.45) is 5.10. The highest BCUT2D eigenvalue weighted by Crippen LogP contribution is 2.21. The predicted molar refractivity (Wildman–Crippen MR) is 64.4 cm³/mol. The van der Waals surface area contributed by atoms with E-state index in [1.165, 1.54) is 0 Å². The van der Waals surface area contributed by atoms with Crippen LogP contribution in [0, 0.1) is 0 Å². The van der Waals surface area contributed by atoms with Crippen LogP contribution in [0.5, 0.6) is 0 Å². The first-order valence-electron chi connectivity index (χ1n) is 5.00. The lowest BCUT2D eigenvalue weighted by atomic mass is 10.0. The summed E-state index contributed by atoms with van der Waals surface area (Å²) in [6, 6.07) is 7.75. The van der Waals surface area contributed by atoms with Gasteiger partial charge < -0.3 is 5.32 Å². The van der Waals surface area contributed by atoms with Crippen LogP contribution in [-0.4, -0.2) is 17.0 Å². The molecule has 2 aromatic rings. The minimum absolute atomic E-state index is 0.0207. The fourth-order valence-electron chi connectivity index (χ4n) is 1.63. The summed E-state index contributed by atoms with van der Waals surface area (Å²) < 4.78 is 0. The number of benzene rings is 1. The van der Waals surface area contributed by atoms with Crippen molar-refractivity contribution < 1.29 is 0 Å². The van der Waals surface area contributed by atoms with Crippen LogP contribution in [0.4, 0.5) is 0 Å². The molecule has 16 heavy (non-hydrogen) atoms. The molecule has 1 aromatic heterocycles. The second kappa shape index (κ2) is 5.05. The average Bonchev–Trinajstić information content (AvgIpc) is 2.31. The van der Waals surface area contributed by atoms with Crippen molar-refractivity contribution in [2.45, 2.75) is 6.04 Å². The third kappa shape index (κ3) is 2.38. The fraction of sp³-hybridized carbons (Fsp3) is 0.167. The number of aromatic nitrogens is 2. The minimum Gasteiger partial charge on any atom is -0.308 e. The van der Waals surface area contributed by atoms with Crippen molar-refractivity contribution in [1.82, 2.24) is 15.3 Å². The Hall–Kier alpha value is -1.45. The van der Waals surface area contributed by atoms with Crippen LogP contribution in [0.2, 0.25) is 5.02 Å². The van der Waals surface area contributed by atoms with Gasteiger partial charge in [-0.2, -0.15) is 0 Å². The van der Waals surface area contributed by atoms with E-state index in [1.807, 2.05) is 31.3 Å². The Morgan fingerprint density at radius 2 is 2.19 bits per heavy atom. The van der Waals surface area contributed by atoms with Crippen LogP contribution in [0.1, 0.15) is 17.3 Å². The van der Waals surface area contributed by atoms with Crippen LogP contribution >= 0.6 is 11.6 Å². The van der Waals surface area contributed by atoms with Crippen LogP contribution in [0.15, 0.2) is 42.9 Å². The van der Waals surface area contributed by atoms with Crippen LogP contribution in [0.3, 0.4) is 0 Å². The molecule has 1 N–H and O–H groups in total. The molecule has 1 unspecified atom stereocenters. The lowest BCUT2D eigenvalue weighted by molar-refractivity contribution is 0.667. The maximum atomic E-state index is 5.97. The first kappa shape index (κ1) is 11.0. The predicted octanol–water partition coefficient (Wildman–Crippen LogP) is 2.44. The molecule has 82 valence electrons. The highest BCUT2D eigenvalue weighted by molar-refractivity contribution is 6.30. The third-order valence-corrected chi connectivity index (χ3v) is 2.58. The molecule has 0 amide bonds. The summed E-state index contributed by atoms with van der Waals surface area (Å²) in [5.74, 6) is 0. The van der Waals surface area contributed by atoms with Gasteiger partial charge in [-0.3, -0.25) is 9.97 Å². The summed E-state index contributed by atoms with van der Waals surface area (Å²) in [4.78, 5) is 8.35. The summed E-state index contributed by atoms with van der Waals surface area (Å²) in [5, 5.41) is 3.92. The summed E-state index contributed by atoms with van der Waals surface area (Å²) in [7, 11) is 1.89. The quantitative estimate of drug-likeness (QED) is 0.885. The van der Waals surface area contributed by atoms with Crippen LogP contribution in [0.25, 0.3) is 0 Å². The normalized spacial score (nSPS) is 12.4. The highest BCUT2D eigenvalue weighted by Gasteiger charge is 2.13. The van der Waals surface area contributed by atoms with Crippen LogP contribution in [-0.2, 0) is 0 Å². The smallest absolute Gasteiger partial charge is 0.0801 e. The number of rotatable bonds is 3. The Morgan fingerprint density at radius 3 is 2.81 bits per heavy atom. The average molecular weight is 234 g/mol. The van der Waals surface area contributed by atoms with Gasteiger partial charge in [0, 0.05) is 17.4 Å². The summed E-state index contributed by atoms with van der Waals surface area (Å²) >= 11 is 5.97. The minimum atomic E-state index is 0.0207. The van der Waals surface area contributed by atoms with Crippen molar-refractivity contribution in [3.05, 3.63) is 59.1 Å². The number of halogens is 1. The highest BCUT2D eigenvalue weighted by atomic mass is 35.5. The maximum absolute atomic E-state index is 5.97. The van der Waals surface area contributed by atoms with Gasteiger partial charge in [0.1, 0.15) is 0 Å². The van der Waals surface area contributed by atoms with E-state index in [0.717, 1.165) is 16.3 Å². The molecular weight excluding hydrogens is 222 g/mol. The topological polar surface area (TPSA) is 37.8 Å². The van der Waals surface area contributed by atoms with E-state index in [-0.39, 0.29) is 6.04 Å². The summed E-state index contributed by atoms with van der Waals surface area (Å²) in [6.45, 7) is 0. The monoisotopic (exact) mass is 233 g/mol. The Bertz CT molecular complexity index is 459. The molecule has 1 heterocycles. The van der Waals surface area contributed by atoms with E-state index >= 15 is 0 Å². The Labute approximate surface area is 99.5 Å². The third-order valence-electron chi connectivity index (χ3n) is 2.35. The fourth-order valence-corrected chi connectivity index (χ4v) is 1.83. The molecule has 0 saturated carbocycles. The standard InChI is InChI=1S/C12H12ClN3/c1-14-12(11-8-15-5-6-16-11)9-3-2-4-10(13)7-9/h2-8,12,14H,1H3. The van der Waals surface area contributed by atoms with Gasteiger partial charge in [0.05, 0.1) is 17.9 Å². The second-order valence-electron chi connectivity index (χ2n) is 3.41. The molecule has 0 spiro atoms. The lowest BCUT2D eigenvalue weighted by Crippen LogP contribution is -2.18. The SMILES string of the molecule is CNC(c1cccc(Cl)c1)c1cnccn1. The van der Waals surface area contributed by atoms with Gasteiger partial charge >= 0.3 is 0 Å². The number of hydrogen-bond donors (Lipinski definition) is 1. The Morgan fingerprint density at radius 1 is 1.31 bits per heavy atom. The number of hydrogen-bond acceptors (Lipinski definition) is 3. The van der Waals surface area contributed by atoms with Gasteiger partial charge in [-0.15, -0.1) is 0 Å². The molecule has 0 aliphatic carbocycles. The summed E-state index contributed by atoms with van der Waals surface area (Å²) in [5.41, 5.74) is 1.96. The van der Waals surface area contributed by atoms with E-state index in [4.69, 9.17) is 11.6 Å². The van der Waals surface area contributed by atoms with E-state index in [0.29, 0.717) is 0 Å². The van der Waals surface area contributed by atoms with Crippen LogP contribution < -0.4 is 5.32 Å². The van der Waals surface area contributed by atoms with Crippen molar-refractivity contribution in [3.8, 4) is 0 Å². The molecule has 1 atom stereocenters. The maximum Gasteiger partial charge on any atom is 0.0801 e. The molecule has 0 radical (unpaired) electrons. The molecule has 0 aliphatic heterocycles.